The van der Waals surface area contributed by atoms with Crippen LogP contribution in [-0.2, 0) is 4.74 Å². The van der Waals surface area contributed by atoms with Crippen molar-refractivity contribution < 1.29 is 18.7 Å². The van der Waals surface area contributed by atoms with Gasteiger partial charge in [-0.2, -0.15) is 0 Å². The Balaban J connectivity index is 1.50. The highest BCUT2D eigenvalue weighted by Crippen LogP contribution is 2.50. The van der Waals surface area contributed by atoms with Crippen LogP contribution in [0.3, 0.4) is 0 Å². The van der Waals surface area contributed by atoms with E-state index in [0.717, 1.165) is 41.3 Å². The molecule has 3 atom stereocenters. The van der Waals surface area contributed by atoms with Gasteiger partial charge in [-0.25, -0.2) is 4.39 Å². The number of ether oxygens (including phenoxy) is 2. The van der Waals surface area contributed by atoms with E-state index in [4.69, 9.17) is 21.1 Å². The molecule has 6 heteroatoms. The number of carbonyl (C=O) groups excluding carboxylic acids is 1. The van der Waals surface area contributed by atoms with Gasteiger partial charge in [0, 0.05) is 22.1 Å². The fourth-order valence-corrected chi connectivity index (χ4v) is 6.30. The molecular weight excluding hydrogens is 447 g/mol. The molecule has 2 aromatic carbocycles. The average Bonchev–Trinajstić information content (AvgIpc) is 3.37. The van der Waals surface area contributed by atoms with Crippen molar-refractivity contribution in [3.05, 3.63) is 62.2 Å². The van der Waals surface area contributed by atoms with E-state index in [1.54, 1.807) is 6.92 Å². The van der Waals surface area contributed by atoms with Gasteiger partial charge >= 0.3 is 0 Å². The summed E-state index contributed by atoms with van der Waals surface area (Å²) in [5, 5.41) is 1.27. The van der Waals surface area contributed by atoms with E-state index in [1.165, 1.54) is 17.4 Å². The van der Waals surface area contributed by atoms with Crippen molar-refractivity contribution in [1.29, 1.82) is 0 Å². The van der Waals surface area contributed by atoms with Gasteiger partial charge in [0.2, 0.25) is 5.78 Å². The van der Waals surface area contributed by atoms with Gasteiger partial charge in [0.1, 0.15) is 11.6 Å². The molecule has 1 saturated carbocycles. The number of thiophene rings is 1. The molecule has 32 heavy (non-hydrogen) atoms. The molecular formula is C26H26ClFO3S. The fraction of sp³-hybridized carbons (Fsp3) is 0.423. The molecule has 0 amide bonds. The molecule has 0 radical (unpaired) electrons. The number of rotatable bonds is 5. The summed E-state index contributed by atoms with van der Waals surface area (Å²) in [4.78, 5) is 14.1. The van der Waals surface area contributed by atoms with Crippen molar-refractivity contribution in [1.82, 2.24) is 0 Å². The van der Waals surface area contributed by atoms with Gasteiger partial charge in [0.15, 0.2) is 6.29 Å². The number of aryl methyl sites for hydroxylation is 1. The lowest BCUT2D eigenvalue weighted by Crippen LogP contribution is -2.24. The van der Waals surface area contributed by atoms with Crippen molar-refractivity contribution in [2.45, 2.75) is 58.7 Å². The van der Waals surface area contributed by atoms with E-state index < -0.39 is 0 Å². The summed E-state index contributed by atoms with van der Waals surface area (Å²) in [5.74, 6) is 1.01. The third kappa shape index (κ3) is 3.85. The Morgan fingerprint density at radius 3 is 2.72 bits per heavy atom. The fourth-order valence-electron chi connectivity index (χ4n) is 4.81. The Labute approximate surface area is 196 Å². The SMILES string of the molecule is Cc1cc(F)c([C@H]2CC2C)c(C)c1C(=O)c1sc2cc(OC3CCCCO3)ccc2c1Cl. The number of halogens is 2. The van der Waals surface area contributed by atoms with Crippen molar-refractivity contribution >= 4 is 38.8 Å². The third-order valence-corrected chi connectivity index (χ3v) is 8.35. The van der Waals surface area contributed by atoms with Crippen LogP contribution in [0.4, 0.5) is 4.39 Å². The molecule has 5 rings (SSSR count). The van der Waals surface area contributed by atoms with Gasteiger partial charge in [-0.1, -0.05) is 18.5 Å². The maximum atomic E-state index is 14.7. The number of hydrogen-bond acceptors (Lipinski definition) is 4. The van der Waals surface area contributed by atoms with Crippen LogP contribution in [0, 0.1) is 25.6 Å². The molecule has 3 nitrogen and oxygen atoms in total. The summed E-state index contributed by atoms with van der Waals surface area (Å²) in [6.07, 6.45) is 3.76. The number of fused-ring (bicyclic) bond motifs is 1. The third-order valence-electron chi connectivity index (χ3n) is 6.69. The summed E-state index contributed by atoms with van der Waals surface area (Å²) >= 11 is 8.03. The first kappa shape index (κ1) is 21.9. The molecule has 3 aromatic rings. The van der Waals surface area contributed by atoms with Gasteiger partial charge in [-0.15, -0.1) is 11.3 Å². The van der Waals surface area contributed by atoms with Crippen molar-refractivity contribution in [3.63, 3.8) is 0 Å². The maximum Gasteiger partial charge on any atom is 0.205 e. The summed E-state index contributed by atoms with van der Waals surface area (Å²) in [7, 11) is 0. The maximum absolute atomic E-state index is 14.7. The lowest BCUT2D eigenvalue weighted by Gasteiger charge is -2.23. The Kier molecular flexibility index (Phi) is 5.77. The first-order chi connectivity index (χ1) is 15.3. The molecule has 2 heterocycles. The Morgan fingerprint density at radius 1 is 1.25 bits per heavy atom. The largest absolute Gasteiger partial charge is 0.465 e. The number of carbonyl (C=O) groups is 1. The second kappa shape index (κ2) is 8.44. The number of hydrogen-bond donors (Lipinski definition) is 0. The monoisotopic (exact) mass is 472 g/mol. The Hall–Kier alpha value is -1.95. The highest BCUT2D eigenvalue weighted by atomic mass is 35.5. The molecule has 0 bridgehead atoms. The molecule has 168 valence electrons. The normalized spacial score (nSPS) is 22.8. The minimum Gasteiger partial charge on any atom is -0.465 e. The van der Waals surface area contributed by atoms with Gasteiger partial charge in [0.05, 0.1) is 16.5 Å². The van der Waals surface area contributed by atoms with Crippen molar-refractivity contribution in [2.24, 2.45) is 5.92 Å². The smallest absolute Gasteiger partial charge is 0.205 e. The molecule has 1 aromatic heterocycles. The van der Waals surface area contributed by atoms with Crippen LogP contribution in [0.2, 0.25) is 5.02 Å². The molecule has 1 aliphatic carbocycles. The van der Waals surface area contributed by atoms with Crippen LogP contribution in [0.25, 0.3) is 10.1 Å². The summed E-state index contributed by atoms with van der Waals surface area (Å²) in [5.41, 5.74) is 2.65. The predicted octanol–water partition coefficient (Wildman–Crippen LogP) is 7.57. The number of ketones is 1. The standard InChI is InChI=1S/C26H26ClFO3S/c1-13-10-18(13)23-15(3)22(14(2)11-19(23)28)25(29)26-24(27)17-8-7-16(12-20(17)32-26)31-21-6-4-5-9-30-21/h7-8,11-13,18,21H,4-6,9-10H2,1-3H3/t13?,18-,21?/m0/s1. The summed E-state index contributed by atoms with van der Waals surface area (Å²) in [6, 6.07) is 7.18. The predicted molar refractivity (Wildman–Crippen MR) is 127 cm³/mol. The lowest BCUT2D eigenvalue weighted by atomic mass is 9.91. The van der Waals surface area contributed by atoms with Gasteiger partial charge in [-0.05, 0) is 85.9 Å². The van der Waals surface area contributed by atoms with Gasteiger partial charge < -0.3 is 9.47 Å². The van der Waals surface area contributed by atoms with Crippen LogP contribution in [-0.4, -0.2) is 18.7 Å². The van der Waals surface area contributed by atoms with Crippen LogP contribution in [0.15, 0.2) is 24.3 Å². The van der Waals surface area contributed by atoms with E-state index in [-0.39, 0.29) is 23.8 Å². The highest BCUT2D eigenvalue weighted by molar-refractivity contribution is 7.21. The number of benzene rings is 2. The zero-order valence-corrected chi connectivity index (χ0v) is 20.0. The van der Waals surface area contributed by atoms with Crippen LogP contribution < -0.4 is 4.74 Å². The van der Waals surface area contributed by atoms with Crippen LogP contribution in [0.5, 0.6) is 5.75 Å². The molecule has 1 saturated heterocycles. The van der Waals surface area contributed by atoms with E-state index in [2.05, 4.69) is 6.92 Å². The van der Waals surface area contributed by atoms with E-state index >= 15 is 0 Å². The van der Waals surface area contributed by atoms with E-state index in [9.17, 15) is 9.18 Å². The first-order valence-corrected chi connectivity index (χ1v) is 12.4. The molecule has 2 fully saturated rings. The zero-order valence-electron chi connectivity index (χ0n) is 18.5. The second-order valence-corrected chi connectivity index (χ2v) is 10.5. The Morgan fingerprint density at radius 2 is 2.03 bits per heavy atom. The van der Waals surface area contributed by atoms with E-state index in [1.807, 2.05) is 25.1 Å². The summed E-state index contributed by atoms with van der Waals surface area (Å²) < 4.78 is 27.3. The first-order valence-electron chi connectivity index (χ1n) is 11.2. The topological polar surface area (TPSA) is 35.5 Å². The molecule has 2 aliphatic rings. The lowest BCUT2D eigenvalue weighted by molar-refractivity contribution is -0.105. The summed E-state index contributed by atoms with van der Waals surface area (Å²) in [6.45, 7) is 6.49. The second-order valence-electron chi connectivity index (χ2n) is 9.05. The van der Waals surface area contributed by atoms with Gasteiger partial charge in [-0.3, -0.25) is 4.79 Å². The van der Waals surface area contributed by atoms with E-state index in [0.29, 0.717) is 44.9 Å². The molecule has 0 spiro atoms. The zero-order chi connectivity index (χ0) is 22.6. The van der Waals surface area contributed by atoms with Crippen molar-refractivity contribution in [3.8, 4) is 5.75 Å². The minimum absolute atomic E-state index is 0.140. The van der Waals surface area contributed by atoms with Crippen LogP contribution >= 0.6 is 22.9 Å². The molecule has 2 unspecified atom stereocenters. The quantitative estimate of drug-likeness (QED) is 0.359. The molecule has 1 aliphatic heterocycles. The highest BCUT2D eigenvalue weighted by Gasteiger charge is 2.38. The molecule has 0 N–H and O–H groups in total. The minimum atomic E-state index is -0.231. The Bertz CT molecular complexity index is 1210. The van der Waals surface area contributed by atoms with Crippen LogP contribution in [0.1, 0.15) is 70.5 Å². The van der Waals surface area contributed by atoms with Crippen molar-refractivity contribution in [2.75, 3.05) is 6.61 Å². The van der Waals surface area contributed by atoms with Gasteiger partial charge in [0.25, 0.3) is 0 Å². The average molecular weight is 473 g/mol.